The van der Waals surface area contributed by atoms with Crippen molar-refractivity contribution in [3.63, 3.8) is 0 Å². The second-order valence-corrected chi connectivity index (χ2v) is 5.60. The van der Waals surface area contributed by atoms with Crippen molar-refractivity contribution >= 4 is 28.1 Å². The molecule has 4 nitrogen and oxygen atoms in total. The SMILES string of the molecule is CC(C)C(C)NC(=O)COc1ccc(Br)cc1C=O. The third-order valence-electron chi connectivity index (χ3n) is 2.85. The van der Waals surface area contributed by atoms with E-state index in [9.17, 15) is 9.59 Å². The molecule has 0 radical (unpaired) electrons. The van der Waals surface area contributed by atoms with Crippen LogP contribution in [0.5, 0.6) is 5.75 Å². The summed E-state index contributed by atoms with van der Waals surface area (Å²) in [7, 11) is 0. The fraction of sp³-hybridized carbons (Fsp3) is 0.429. The smallest absolute Gasteiger partial charge is 0.258 e. The van der Waals surface area contributed by atoms with Crippen LogP contribution < -0.4 is 10.1 Å². The number of hydrogen-bond acceptors (Lipinski definition) is 3. The molecule has 1 N–H and O–H groups in total. The van der Waals surface area contributed by atoms with Gasteiger partial charge < -0.3 is 10.1 Å². The van der Waals surface area contributed by atoms with Crippen molar-refractivity contribution in [2.75, 3.05) is 6.61 Å². The molecule has 0 saturated heterocycles. The average Bonchev–Trinajstić information content (AvgIpc) is 2.36. The third kappa shape index (κ3) is 5.03. The van der Waals surface area contributed by atoms with Crippen molar-refractivity contribution in [1.82, 2.24) is 5.32 Å². The topological polar surface area (TPSA) is 55.4 Å². The van der Waals surface area contributed by atoms with Gasteiger partial charge in [0.25, 0.3) is 5.91 Å². The number of rotatable bonds is 6. The van der Waals surface area contributed by atoms with E-state index in [1.54, 1.807) is 18.2 Å². The molecule has 0 aliphatic heterocycles. The standard InChI is InChI=1S/C14H18BrNO3/c1-9(2)10(3)16-14(18)8-19-13-5-4-12(15)6-11(13)7-17/h4-7,9-10H,8H2,1-3H3,(H,16,18). The Bertz CT molecular complexity index is 460. The van der Waals surface area contributed by atoms with Crippen molar-refractivity contribution in [1.29, 1.82) is 0 Å². The minimum atomic E-state index is -0.194. The summed E-state index contributed by atoms with van der Waals surface area (Å²) in [6.45, 7) is 5.91. The van der Waals surface area contributed by atoms with Gasteiger partial charge in [-0.15, -0.1) is 0 Å². The summed E-state index contributed by atoms with van der Waals surface area (Å²) in [5.74, 6) is 0.577. The molecule has 1 aromatic rings. The lowest BCUT2D eigenvalue weighted by Crippen LogP contribution is -2.39. The van der Waals surface area contributed by atoms with Crippen LogP contribution in [-0.4, -0.2) is 24.8 Å². The highest BCUT2D eigenvalue weighted by Gasteiger charge is 2.12. The summed E-state index contributed by atoms with van der Waals surface area (Å²) in [6.07, 6.45) is 0.703. The zero-order chi connectivity index (χ0) is 14.4. The summed E-state index contributed by atoms with van der Waals surface area (Å²) < 4.78 is 6.15. The second kappa shape index (κ2) is 7.28. The van der Waals surface area contributed by atoms with Crippen LogP contribution in [0.2, 0.25) is 0 Å². The van der Waals surface area contributed by atoms with E-state index in [0.29, 0.717) is 23.5 Å². The quantitative estimate of drug-likeness (QED) is 0.817. The van der Waals surface area contributed by atoms with Crippen LogP contribution in [0.15, 0.2) is 22.7 Å². The van der Waals surface area contributed by atoms with Gasteiger partial charge in [0.2, 0.25) is 0 Å². The number of benzene rings is 1. The van der Waals surface area contributed by atoms with Crippen LogP contribution >= 0.6 is 15.9 Å². The maximum Gasteiger partial charge on any atom is 0.258 e. The van der Waals surface area contributed by atoms with Crippen LogP contribution in [-0.2, 0) is 4.79 Å². The van der Waals surface area contributed by atoms with Crippen LogP contribution in [0.4, 0.5) is 0 Å². The fourth-order valence-electron chi connectivity index (χ4n) is 1.35. The molecule has 0 spiro atoms. The molecular formula is C14H18BrNO3. The highest BCUT2D eigenvalue weighted by Crippen LogP contribution is 2.21. The molecule has 1 unspecified atom stereocenters. The highest BCUT2D eigenvalue weighted by atomic mass is 79.9. The van der Waals surface area contributed by atoms with Crippen LogP contribution in [0.25, 0.3) is 0 Å². The molecule has 1 amide bonds. The van der Waals surface area contributed by atoms with E-state index < -0.39 is 0 Å². The Balaban J connectivity index is 2.57. The Kier molecular flexibility index (Phi) is 6.02. The number of carbonyl (C=O) groups is 2. The molecule has 1 aromatic carbocycles. The lowest BCUT2D eigenvalue weighted by atomic mass is 10.1. The molecule has 5 heteroatoms. The zero-order valence-corrected chi connectivity index (χ0v) is 12.9. The van der Waals surface area contributed by atoms with Gasteiger partial charge in [-0.05, 0) is 31.0 Å². The number of amides is 1. The molecule has 0 aromatic heterocycles. The van der Waals surface area contributed by atoms with E-state index >= 15 is 0 Å². The Morgan fingerprint density at radius 3 is 2.68 bits per heavy atom. The van der Waals surface area contributed by atoms with Gasteiger partial charge in [-0.2, -0.15) is 0 Å². The molecular weight excluding hydrogens is 310 g/mol. The first-order valence-electron chi connectivity index (χ1n) is 6.11. The van der Waals surface area contributed by atoms with Crippen LogP contribution in [0.3, 0.4) is 0 Å². The summed E-state index contributed by atoms with van der Waals surface area (Å²) in [4.78, 5) is 22.6. The molecule has 0 bridgehead atoms. The summed E-state index contributed by atoms with van der Waals surface area (Å²) in [6, 6.07) is 5.16. The maximum absolute atomic E-state index is 11.7. The normalized spacial score (nSPS) is 12.1. The van der Waals surface area contributed by atoms with Gasteiger partial charge in [0.15, 0.2) is 12.9 Å². The minimum Gasteiger partial charge on any atom is -0.483 e. The molecule has 1 atom stereocenters. The van der Waals surface area contributed by atoms with E-state index in [4.69, 9.17) is 4.74 Å². The van der Waals surface area contributed by atoms with E-state index in [1.165, 1.54) is 0 Å². The van der Waals surface area contributed by atoms with Crippen molar-refractivity contribution in [3.05, 3.63) is 28.2 Å². The number of hydrogen-bond donors (Lipinski definition) is 1. The maximum atomic E-state index is 11.7. The van der Waals surface area contributed by atoms with E-state index in [-0.39, 0.29) is 18.6 Å². The predicted octanol–water partition coefficient (Wildman–Crippen LogP) is 2.80. The molecule has 104 valence electrons. The number of nitrogens with one attached hydrogen (secondary N) is 1. The first-order chi connectivity index (χ1) is 8.93. The van der Waals surface area contributed by atoms with Crippen LogP contribution in [0, 0.1) is 5.92 Å². The lowest BCUT2D eigenvalue weighted by molar-refractivity contribution is -0.124. The van der Waals surface area contributed by atoms with Gasteiger partial charge in [0, 0.05) is 10.5 Å². The lowest BCUT2D eigenvalue weighted by Gasteiger charge is -2.17. The number of aldehydes is 1. The fourth-order valence-corrected chi connectivity index (χ4v) is 1.73. The van der Waals surface area contributed by atoms with Gasteiger partial charge in [-0.1, -0.05) is 29.8 Å². The van der Waals surface area contributed by atoms with Crippen molar-refractivity contribution in [2.45, 2.75) is 26.8 Å². The van der Waals surface area contributed by atoms with Crippen LogP contribution in [0.1, 0.15) is 31.1 Å². The van der Waals surface area contributed by atoms with Gasteiger partial charge in [-0.25, -0.2) is 0 Å². The molecule has 0 aliphatic rings. The largest absolute Gasteiger partial charge is 0.483 e. The van der Waals surface area contributed by atoms with E-state index in [1.807, 2.05) is 20.8 Å². The monoisotopic (exact) mass is 327 g/mol. The second-order valence-electron chi connectivity index (χ2n) is 4.69. The summed E-state index contributed by atoms with van der Waals surface area (Å²) in [5.41, 5.74) is 0.416. The molecule has 1 rings (SSSR count). The molecule has 0 fully saturated rings. The minimum absolute atomic E-state index is 0.0894. The number of carbonyl (C=O) groups excluding carboxylic acids is 2. The number of ether oxygens (including phenoxy) is 1. The Labute approximate surface area is 121 Å². The van der Waals surface area contributed by atoms with Gasteiger partial charge in [0.05, 0.1) is 5.56 Å². The molecule has 0 aliphatic carbocycles. The highest BCUT2D eigenvalue weighted by molar-refractivity contribution is 9.10. The van der Waals surface area contributed by atoms with E-state index in [2.05, 4.69) is 21.2 Å². The Morgan fingerprint density at radius 1 is 1.42 bits per heavy atom. The first kappa shape index (κ1) is 15.7. The predicted molar refractivity (Wildman–Crippen MR) is 77.5 cm³/mol. The Hall–Kier alpha value is -1.36. The summed E-state index contributed by atoms with van der Waals surface area (Å²) >= 11 is 3.27. The first-order valence-corrected chi connectivity index (χ1v) is 6.90. The van der Waals surface area contributed by atoms with Crippen molar-refractivity contribution in [2.24, 2.45) is 5.92 Å². The zero-order valence-electron chi connectivity index (χ0n) is 11.3. The van der Waals surface area contributed by atoms with E-state index in [0.717, 1.165) is 4.47 Å². The van der Waals surface area contributed by atoms with Gasteiger partial charge >= 0.3 is 0 Å². The Morgan fingerprint density at radius 2 is 2.11 bits per heavy atom. The molecule has 0 heterocycles. The number of halogens is 1. The molecule has 0 saturated carbocycles. The molecule has 19 heavy (non-hydrogen) atoms. The van der Waals surface area contributed by atoms with Crippen molar-refractivity contribution in [3.8, 4) is 5.75 Å². The summed E-state index contributed by atoms with van der Waals surface area (Å²) in [5, 5.41) is 2.84. The van der Waals surface area contributed by atoms with Crippen molar-refractivity contribution < 1.29 is 14.3 Å². The average molecular weight is 328 g/mol. The van der Waals surface area contributed by atoms with Gasteiger partial charge in [-0.3, -0.25) is 9.59 Å². The third-order valence-corrected chi connectivity index (χ3v) is 3.34. The van der Waals surface area contributed by atoms with Gasteiger partial charge in [0.1, 0.15) is 5.75 Å².